The van der Waals surface area contributed by atoms with Crippen LogP contribution < -0.4 is 9.64 Å². The third kappa shape index (κ3) is 7.61. The zero-order valence-corrected chi connectivity index (χ0v) is 27.2. The number of likely N-dealkylation sites (tertiary alicyclic amines) is 1. The smallest absolute Gasteiger partial charge is 0.282 e. The van der Waals surface area contributed by atoms with Gasteiger partial charge in [-0.2, -0.15) is 0 Å². The second-order valence-corrected chi connectivity index (χ2v) is 12.9. The molecule has 0 bridgehead atoms. The number of amides is 1. The Morgan fingerprint density at radius 3 is 2.51 bits per heavy atom. The Hall–Kier alpha value is -2.89. The Kier molecular flexibility index (Phi) is 10.9. The second-order valence-electron chi connectivity index (χ2n) is 12.9. The predicted molar refractivity (Wildman–Crippen MR) is 166 cm³/mol. The van der Waals surface area contributed by atoms with Crippen molar-refractivity contribution in [2.24, 2.45) is 11.3 Å². The van der Waals surface area contributed by atoms with Crippen LogP contribution in [0.1, 0.15) is 64.7 Å². The summed E-state index contributed by atoms with van der Waals surface area (Å²) < 4.78 is 26.4. The van der Waals surface area contributed by atoms with Crippen molar-refractivity contribution in [2.45, 2.75) is 72.6 Å². The lowest BCUT2D eigenvalue weighted by Gasteiger charge is -2.53. The number of nitrogens with zero attached hydrogens (tertiary/aromatic N) is 7. The largest absolute Gasteiger partial charge is 0.434 e. The third-order valence-corrected chi connectivity index (χ3v) is 9.12. The van der Waals surface area contributed by atoms with Crippen molar-refractivity contribution in [3.8, 4) is 11.6 Å². The molecule has 2 saturated heterocycles. The van der Waals surface area contributed by atoms with Crippen LogP contribution in [-0.2, 0) is 4.74 Å². The quantitative estimate of drug-likeness (QED) is 0.310. The molecule has 2 atom stereocenters. The highest BCUT2D eigenvalue weighted by Gasteiger charge is 2.50. The van der Waals surface area contributed by atoms with E-state index in [1.54, 1.807) is 4.90 Å². The van der Waals surface area contributed by atoms with E-state index in [0.717, 1.165) is 52.1 Å². The molecule has 1 unspecified atom stereocenters. The van der Waals surface area contributed by atoms with Crippen molar-refractivity contribution < 1.29 is 18.7 Å². The van der Waals surface area contributed by atoms with Gasteiger partial charge in [-0.25, -0.2) is 9.37 Å². The fourth-order valence-corrected chi connectivity index (χ4v) is 6.56. The zero-order valence-electron chi connectivity index (χ0n) is 27.2. The van der Waals surface area contributed by atoms with Crippen molar-refractivity contribution in [1.82, 2.24) is 29.9 Å². The van der Waals surface area contributed by atoms with Crippen molar-refractivity contribution >= 4 is 11.7 Å². The average molecular weight is 600 g/mol. The van der Waals surface area contributed by atoms with Crippen molar-refractivity contribution in [3.63, 3.8) is 0 Å². The first-order valence-electron chi connectivity index (χ1n) is 15.7. The Balaban J connectivity index is 1.47. The Bertz CT molecular complexity index is 1220. The standard InChI is InChI=1S/C32H50FN7O3/c1-9-37(7)17-25(42-8)16-27(22(3)4)39-19-32(20-39)13-14-38(18-32)29-30(36-35-21-34-29)43-28-12-11-24(33)15-26(28)31(41)40(10-2)23(5)6/h11-12,15,21-23,25,27H,9-10,13-14,16-20H2,1-8H3/t25-,27?/m0/s1. The van der Waals surface area contributed by atoms with E-state index in [1.807, 2.05) is 27.9 Å². The van der Waals surface area contributed by atoms with E-state index in [9.17, 15) is 9.18 Å². The minimum atomic E-state index is -0.502. The number of aromatic nitrogens is 3. The number of ether oxygens (including phenoxy) is 2. The number of methoxy groups -OCH3 is 1. The summed E-state index contributed by atoms with van der Waals surface area (Å²) in [6.45, 7) is 18.7. The predicted octanol–water partition coefficient (Wildman–Crippen LogP) is 4.57. The van der Waals surface area contributed by atoms with Gasteiger partial charge >= 0.3 is 0 Å². The average Bonchev–Trinajstić information content (AvgIpc) is 3.41. The van der Waals surface area contributed by atoms with Crippen LogP contribution in [0.3, 0.4) is 0 Å². The van der Waals surface area contributed by atoms with Crippen molar-refractivity contribution in [1.29, 1.82) is 0 Å². The van der Waals surface area contributed by atoms with E-state index < -0.39 is 5.82 Å². The summed E-state index contributed by atoms with van der Waals surface area (Å²) in [6.07, 6.45) is 3.68. The first kappa shape index (κ1) is 33.0. The molecule has 2 aliphatic heterocycles. The lowest BCUT2D eigenvalue weighted by atomic mass is 9.76. The molecule has 2 aliphatic rings. The number of rotatable bonds is 14. The molecule has 1 amide bonds. The maximum atomic E-state index is 14.3. The number of likely N-dealkylation sites (N-methyl/N-ethyl adjacent to an activating group) is 1. The lowest BCUT2D eigenvalue weighted by molar-refractivity contribution is -0.0534. The molecule has 1 spiro atoms. The van der Waals surface area contributed by atoms with Crippen molar-refractivity contribution in [3.05, 3.63) is 35.9 Å². The van der Waals surface area contributed by atoms with Crippen LogP contribution in [0.25, 0.3) is 0 Å². The molecular formula is C32H50FN7O3. The van der Waals surface area contributed by atoms with Crippen LogP contribution >= 0.6 is 0 Å². The van der Waals surface area contributed by atoms with E-state index in [0.29, 0.717) is 24.3 Å². The molecule has 1 aromatic heterocycles. The van der Waals surface area contributed by atoms with Crippen LogP contribution in [-0.4, -0.2) is 114 Å². The fourth-order valence-electron chi connectivity index (χ4n) is 6.56. The summed E-state index contributed by atoms with van der Waals surface area (Å²) in [7, 11) is 3.96. The van der Waals surface area contributed by atoms with Gasteiger partial charge in [-0.15, -0.1) is 10.2 Å². The van der Waals surface area contributed by atoms with Crippen LogP contribution in [0.5, 0.6) is 11.6 Å². The van der Waals surface area contributed by atoms with Gasteiger partial charge in [0.1, 0.15) is 17.9 Å². The molecule has 4 rings (SSSR count). The molecule has 2 fully saturated rings. The van der Waals surface area contributed by atoms with E-state index in [1.165, 1.54) is 24.5 Å². The van der Waals surface area contributed by atoms with Gasteiger partial charge in [0.15, 0.2) is 5.82 Å². The normalized spacial score (nSPS) is 18.0. The molecular weight excluding hydrogens is 549 g/mol. The minimum Gasteiger partial charge on any atom is -0.434 e. The number of anilines is 1. The van der Waals surface area contributed by atoms with Gasteiger partial charge in [0.25, 0.3) is 11.8 Å². The third-order valence-electron chi connectivity index (χ3n) is 9.12. The molecule has 0 N–H and O–H groups in total. The van der Waals surface area contributed by atoms with Gasteiger partial charge in [0, 0.05) is 63.9 Å². The summed E-state index contributed by atoms with van der Waals surface area (Å²) in [4.78, 5) is 26.7. The maximum Gasteiger partial charge on any atom is 0.282 e. The highest BCUT2D eigenvalue weighted by Crippen LogP contribution is 2.44. The monoisotopic (exact) mass is 599 g/mol. The highest BCUT2D eigenvalue weighted by atomic mass is 19.1. The zero-order chi connectivity index (χ0) is 31.3. The van der Waals surface area contributed by atoms with Gasteiger partial charge in [0.05, 0.1) is 11.7 Å². The molecule has 0 radical (unpaired) electrons. The molecule has 10 nitrogen and oxygen atoms in total. The van der Waals surface area contributed by atoms with Crippen LogP contribution in [0.15, 0.2) is 24.5 Å². The van der Waals surface area contributed by atoms with E-state index in [2.05, 4.69) is 57.7 Å². The summed E-state index contributed by atoms with van der Waals surface area (Å²) in [5.74, 6) is 0.768. The van der Waals surface area contributed by atoms with Gasteiger partial charge in [-0.1, -0.05) is 20.8 Å². The van der Waals surface area contributed by atoms with E-state index in [4.69, 9.17) is 9.47 Å². The fraction of sp³-hybridized carbons (Fsp3) is 0.688. The lowest BCUT2D eigenvalue weighted by Crippen LogP contribution is -2.62. The highest BCUT2D eigenvalue weighted by molar-refractivity contribution is 5.97. The summed E-state index contributed by atoms with van der Waals surface area (Å²) in [6, 6.07) is 4.40. The number of halogens is 1. The Morgan fingerprint density at radius 2 is 1.88 bits per heavy atom. The summed E-state index contributed by atoms with van der Waals surface area (Å²) in [5.41, 5.74) is 0.326. The summed E-state index contributed by atoms with van der Waals surface area (Å²) in [5, 5.41) is 8.21. The molecule has 238 valence electrons. The van der Waals surface area contributed by atoms with Gasteiger partial charge < -0.3 is 24.2 Å². The molecule has 11 heteroatoms. The number of hydrogen-bond donors (Lipinski definition) is 0. The molecule has 0 aliphatic carbocycles. The number of benzene rings is 1. The summed E-state index contributed by atoms with van der Waals surface area (Å²) >= 11 is 0. The SMILES string of the molecule is CCN(C)C[C@H](CC(C(C)C)N1CC2(CCN(c3ncnnc3Oc3ccc(F)cc3C(=O)N(CC)C(C)C)C2)C1)OC. The molecule has 43 heavy (non-hydrogen) atoms. The molecule has 3 heterocycles. The number of hydrogen-bond acceptors (Lipinski definition) is 9. The molecule has 2 aromatic rings. The molecule has 1 aromatic carbocycles. The van der Waals surface area contributed by atoms with Crippen LogP contribution in [0, 0.1) is 17.2 Å². The van der Waals surface area contributed by atoms with Gasteiger partial charge in [-0.05, 0) is 71.3 Å². The second kappa shape index (κ2) is 14.3. The maximum absolute atomic E-state index is 14.3. The Morgan fingerprint density at radius 1 is 1.14 bits per heavy atom. The van der Waals surface area contributed by atoms with Gasteiger partial charge in [-0.3, -0.25) is 9.69 Å². The Labute approximate surface area is 256 Å². The van der Waals surface area contributed by atoms with Crippen molar-refractivity contribution in [2.75, 3.05) is 64.9 Å². The minimum absolute atomic E-state index is 0.0430. The number of carbonyl (C=O) groups excluding carboxylic acids is 1. The topological polar surface area (TPSA) is 87.2 Å². The first-order valence-corrected chi connectivity index (χ1v) is 15.7. The van der Waals surface area contributed by atoms with Crippen LogP contribution in [0.2, 0.25) is 0 Å². The number of carbonyl (C=O) groups is 1. The van der Waals surface area contributed by atoms with Crippen LogP contribution in [0.4, 0.5) is 10.2 Å². The molecule has 0 saturated carbocycles. The first-order chi connectivity index (χ1) is 20.5. The van der Waals surface area contributed by atoms with E-state index in [-0.39, 0.29) is 40.7 Å². The van der Waals surface area contributed by atoms with E-state index >= 15 is 0 Å². The van der Waals surface area contributed by atoms with Gasteiger partial charge in [0.2, 0.25) is 0 Å².